The number of para-hydroxylation sites is 1. The van der Waals surface area contributed by atoms with Gasteiger partial charge in [-0.3, -0.25) is 16.3 Å². The Kier molecular flexibility index (Phi) is 5.32. The molecule has 1 heterocycles. The van der Waals surface area contributed by atoms with Gasteiger partial charge >= 0.3 is 0 Å². The summed E-state index contributed by atoms with van der Waals surface area (Å²) in [6, 6.07) is 11.8. The molecule has 100 valence electrons. The van der Waals surface area contributed by atoms with Crippen molar-refractivity contribution in [1.29, 1.82) is 0 Å². The smallest absolute Gasteiger partial charge is 0.119 e. The highest BCUT2D eigenvalue weighted by Gasteiger charge is 2.09. The van der Waals surface area contributed by atoms with Crippen molar-refractivity contribution in [3.63, 3.8) is 0 Å². The Morgan fingerprint density at radius 1 is 1.26 bits per heavy atom. The van der Waals surface area contributed by atoms with Gasteiger partial charge in [-0.2, -0.15) is 0 Å². The van der Waals surface area contributed by atoms with E-state index in [1.54, 1.807) is 6.20 Å². The lowest BCUT2D eigenvalue weighted by Gasteiger charge is -2.16. The normalized spacial score (nSPS) is 12.1. The molecule has 3 N–H and O–H groups in total. The quantitative estimate of drug-likeness (QED) is 0.633. The molecule has 0 saturated heterocycles. The minimum absolute atomic E-state index is 0.0382. The van der Waals surface area contributed by atoms with Crippen LogP contribution in [0.2, 0.25) is 0 Å². The minimum Gasteiger partial charge on any atom is -0.492 e. The molecule has 0 radical (unpaired) electrons. The summed E-state index contributed by atoms with van der Waals surface area (Å²) in [6.45, 7) is 0.507. The Morgan fingerprint density at radius 3 is 2.74 bits per heavy atom. The van der Waals surface area contributed by atoms with E-state index in [1.165, 1.54) is 0 Å². The minimum atomic E-state index is 0.0382. The topological polar surface area (TPSA) is 60.2 Å². The number of nitrogens with two attached hydrogens (primary N) is 1. The van der Waals surface area contributed by atoms with E-state index in [4.69, 9.17) is 10.6 Å². The average Bonchev–Trinajstić information content (AvgIpc) is 2.44. The molecule has 1 aromatic heterocycles. The van der Waals surface area contributed by atoms with E-state index in [-0.39, 0.29) is 6.04 Å². The lowest BCUT2D eigenvalue weighted by Crippen LogP contribution is -2.41. The standard InChI is InChI=1S/C14H16BrN3O/c15-12-6-11(8-17-9-12)7-13(18-16)10-19-14-4-2-1-3-5-14/h1-6,8-9,13,18H,7,10,16H2. The summed E-state index contributed by atoms with van der Waals surface area (Å²) in [4.78, 5) is 4.13. The van der Waals surface area contributed by atoms with Crippen molar-refractivity contribution in [3.8, 4) is 5.75 Å². The second-order valence-corrected chi connectivity index (χ2v) is 5.12. The molecule has 19 heavy (non-hydrogen) atoms. The summed E-state index contributed by atoms with van der Waals surface area (Å²) in [5.74, 6) is 6.40. The number of hydrogen-bond acceptors (Lipinski definition) is 4. The number of benzene rings is 1. The van der Waals surface area contributed by atoms with Crippen LogP contribution in [0.5, 0.6) is 5.75 Å². The van der Waals surface area contributed by atoms with Gasteiger partial charge in [0, 0.05) is 16.9 Å². The zero-order chi connectivity index (χ0) is 13.5. The van der Waals surface area contributed by atoms with Crippen molar-refractivity contribution in [2.75, 3.05) is 6.61 Å². The van der Waals surface area contributed by atoms with Crippen molar-refractivity contribution in [2.45, 2.75) is 12.5 Å². The first-order chi connectivity index (χ1) is 9.28. The number of hydrazine groups is 1. The molecule has 2 aromatic rings. The highest BCUT2D eigenvalue weighted by molar-refractivity contribution is 9.10. The van der Waals surface area contributed by atoms with Crippen molar-refractivity contribution in [2.24, 2.45) is 5.84 Å². The second kappa shape index (κ2) is 7.23. The summed E-state index contributed by atoms with van der Waals surface area (Å²) in [5, 5.41) is 0. The zero-order valence-electron chi connectivity index (χ0n) is 10.4. The predicted octanol–water partition coefficient (Wildman–Crippen LogP) is 2.30. The molecule has 1 unspecified atom stereocenters. The summed E-state index contributed by atoms with van der Waals surface area (Å²) < 4.78 is 6.65. The zero-order valence-corrected chi connectivity index (χ0v) is 12.0. The highest BCUT2D eigenvalue weighted by atomic mass is 79.9. The first kappa shape index (κ1) is 14.0. The van der Waals surface area contributed by atoms with Crippen LogP contribution in [0.4, 0.5) is 0 Å². The second-order valence-electron chi connectivity index (χ2n) is 4.20. The third-order valence-corrected chi connectivity index (χ3v) is 3.11. The van der Waals surface area contributed by atoms with Gasteiger partial charge in [0.25, 0.3) is 0 Å². The van der Waals surface area contributed by atoms with E-state index in [9.17, 15) is 0 Å². The number of aromatic nitrogens is 1. The van der Waals surface area contributed by atoms with Gasteiger partial charge in [0.2, 0.25) is 0 Å². The van der Waals surface area contributed by atoms with Crippen LogP contribution in [0.15, 0.2) is 53.3 Å². The monoisotopic (exact) mass is 321 g/mol. The van der Waals surface area contributed by atoms with Gasteiger partial charge in [-0.15, -0.1) is 0 Å². The highest BCUT2D eigenvalue weighted by Crippen LogP contribution is 2.12. The van der Waals surface area contributed by atoms with E-state index in [0.717, 1.165) is 22.2 Å². The number of ether oxygens (including phenoxy) is 1. The summed E-state index contributed by atoms with van der Waals surface area (Å²) in [5.41, 5.74) is 3.88. The Hall–Kier alpha value is -1.43. The van der Waals surface area contributed by atoms with E-state index in [1.807, 2.05) is 42.6 Å². The van der Waals surface area contributed by atoms with Gasteiger partial charge < -0.3 is 4.74 Å². The van der Waals surface area contributed by atoms with Crippen LogP contribution in [0, 0.1) is 0 Å². The average molecular weight is 322 g/mol. The molecule has 0 fully saturated rings. The lowest BCUT2D eigenvalue weighted by atomic mass is 10.1. The van der Waals surface area contributed by atoms with E-state index >= 15 is 0 Å². The van der Waals surface area contributed by atoms with Gasteiger partial charge in [0.05, 0.1) is 6.04 Å². The molecule has 0 amide bonds. The van der Waals surface area contributed by atoms with Gasteiger partial charge in [-0.05, 0) is 46.1 Å². The number of nitrogens with zero attached hydrogens (tertiary/aromatic N) is 1. The van der Waals surface area contributed by atoms with Gasteiger partial charge in [-0.25, -0.2) is 0 Å². The molecule has 5 heteroatoms. The Labute approximate surface area is 121 Å². The third-order valence-electron chi connectivity index (χ3n) is 2.67. The number of hydrogen-bond donors (Lipinski definition) is 2. The Bertz CT molecular complexity index is 507. The maximum Gasteiger partial charge on any atom is 0.119 e. The fourth-order valence-corrected chi connectivity index (χ4v) is 2.14. The molecule has 0 bridgehead atoms. The predicted molar refractivity (Wildman–Crippen MR) is 78.7 cm³/mol. The number of halogens is 1. The molecule has 4 nitrogen and oxygen atoms in total. The Balaban J connectivity index is 1.90. The summed E-state index contributed by atoms with van der Waals surface area (Å²) in [7, 11) is 0. The third kappa shape index (κ3) is 4.63. The molecule has 0 spiro atoms. The van der Waals surface area contributed by atoms with Crippen LogP contribution in [0.3, 0.4) is 0 Å². The van der Waals surface area contributed by atoms with Crippen LogP contribution in [-0.2, 0) is 6.42 Å². The summed E-state index contributed by atoms with van der Waals surface area (Å²) in [6.07, 6.45) is 4.35. The maximum atomic E-state index is 5.69. The molecule has 1 atom stereocenters. The molecule has 2 rings (SSSR count). The maximum absolute atomic E-state index is 5.69. The molecular formula is C14H16BrN3O. The van der Waals surface area contributed by atoms with Crippen molar-refractivity contribution >= 4 is 15.9 Å². The van der Waals surface area contributed by atoms with Gasteiger partial charge in [0.1, 0.15) is 12.4 Å². The largest absolute Gasteiger partial charge is 0.492 e. The van der Waals surface area contributed by atoms with Crippen molar-refractivity contribution < 1.29 is 4.74 Å². The van der Waals surface area contributed by atoms with E-state index in [0.29, 0.717) is 6.61 Å². The fraction of sp³-hybridized carbons (Fsp3) is 0.214. The molecule has 0 aliphatic carbocycles. The lowest BCUT2D eigenvalue weighted by molar-refractivity contribution is 0.264. The molecule has 1 aromatic carbocycles. The van der Waals surface area contributed by atoms with Crippen LogP contribution >= 0.6 is 15.9 Å². The SMILES string of the molecule is NNC(COc1ccccc1)Cc1cncc(Br)c1. The van der Waals surface area contributed by atoms with Crippen LogP contribution in [0.1, 0.15) is 5.56 Å². The van der Waals surface area contributed by atoms with Gasteiger partial charge in [-0.1, -0.05) is 18.2 Å². The summed E-state index contributed by atoms with van der Waals surface area (Å²) >= 11 is 3.40. The van der Waals surface area contributed by atoms with Crippen molar-refractivity contribution in [3.05, 3.63) is 58.8 Å². The fourth-order valence-electron chi connectivity index (χ4n) is 1.73. The molecule has 0 saturated carbocycles. The Morgan fingerprint density at radius 2 is 2.05 bits per heavy atom. The van der Waals surface area contributed by atoms with Gasteiger partial charge in [0.15, 0.2) is 0 Å². The first-order valence-electron chi connectivity index (χ1n) is 6.01. The van der Waals surface area contributed by atoms with E-state index in [2.05, 4.69) is 26.3 Å². The molecule has 0 aliphatic rings. The number of rotatable bonds is 6. The van der Waals surface area contributed by atoms with Crippen LogP contribution in [0.25, 0.3) is 0 Å². The number of nitrogens with one attached hydrogen (secondary N) is 1. The number of pyridine rings is 1. The molecular weight excluding hydrogens is 306 g/mol. The van der Waals surface area contributed by atoms with E-state index < -0.39 is 0 Å². The molecule has 0 aliphatic heterocycles. The van der Waals surface area contributed by atoms with Crippen LogP contribution in [-0.4, -0.2) is 17.6 Å². The first-order valence-corrected chi connectivity index (χ1v) is 6.80. The van der Waals surface area contributed by atoms with Crippen LogP contribution < -0.4 is 16.0 Å². The van der Waals surface area contributed by atoms with Crippen molar-refractivity contribution in [1.82, 2.24) is 10.4 Å².